The van der Waals surface area contributed by atoms with E-state index in [1.165, 1.54) is 0 Å². The minimum atomic E-state index is -2.23. The van der Waals surface area contributed by atoms with Gasteiger partial charge in [-0.05, 0) is 0 Å². The van der Waals surface area contributed by atoms with Crippen LogP contribution in [0.15, 0.2) is 0 Å². The van der Waals surface area contributed by atoms with E-state index < -0.39 is 40.7 Å². The predicted octanol–water partition coefficient (Wildman–Crippen LogP) is -1.01. The van der Waals surface area contributed by atoms with Crippen molar-refractivity contribution in [3.05, 3.63) is 0 Å². The third-order valence-electron chi connectivity index (χ3n) is 1.91. The van der Waals surface area contributed by atoms with E-state index in [2.05, 4.69) is 4.74 Å². The fraction of sp³-hybridized carbons (Fsp3) is 0.750. The van der Waals surface area contributed by atoms with Crippen LogP contribution in [0.4, 0.5) is 0 Å². The quantitative estimate of drug-likeness (QED) is 0.184. The molecule has 0 aromatic heterocycles. The summed E-state index contributed by atoms with van der Waals surface area (Å²) in [6.07, 6.45) is -7.13. The van der Waals surface area contributed by atoms with Gasteiger partial charge >= 0.3 is 0 Å². The molecule has 0 rings (SSSR count). The molecular formula is C8H12Cl3NO6. The lowest BCUT2D eigenvalue weighted by Crippen LogP contribution is -2.48. The number of carbonyl (C=O) groups excluding carboxylic acids is 1. The first-order chi connectivity index (χ1) is 8.15. The summed E-state index contributed by atoms with van der Waals surface area (Å²) >= 11 is 15.9. The van der Waals surface area contributed by atoms with Crippen LogP contribution >= 0.6 is 34.8 Å². The lowest BCUT2D eigenvalue weighted by Gasteiger charge is -2.27. The van der Waals surface area contributed by atoms with Crippen LogP contribution in [0, 0.1) is 5.41 Å². The monoisotopic (exact) mass is 323 g/mol. The van der Waals surface area contributed by atoms with Crippen LogP contribution in [0.5, 0.6) is 0 Å². The van der Waals surface area contributed by atoms with Gasteiger partial charge in [0.25, 0.3) is 3.79 Å². The molecule has 0 aromatic carbocycles. The number of ether oxygens (including phenoxy) is 1. The molecule has 0 spiro atoms. The molecule has 0 aliphatic carbocycles. The van der Waals surface area contributed by atoms with Gasteiger partial charge in [-0.25, -0.2) is 0 Å². The molecule has 0 unspecified atom stereocenters. The Morgan fingerprint density at radius 3 is 2.11 bits per heavy atom. The molecular weight excluding hydrogens is 312 g/mol. The van der Waals surface area contributed by atoms with Crippen LogP contribution in [0.1, 0.15) is 0 Å². The van der Waals surface area contributed by atoms with E-state index in [0.717, 1.165) is 0 Å². The van der Waals surface area contributed by atoms with Gasteiger partial charge in [0.05, 0.1) is 6.61 Å². The Morgan fingerprint density at radius 2 is 1.78 bits per heavy atom. The van der Waals surface area contributed by atoms with E-state index in [-0.39, 0.29) is 6.29 Å². The van der Waals surface area contributed by atoms with Crippen molar-refractivity contribution in [2.24, 2.45) is 0 Å². The number of halogens is 3. The third kappa shape index (κ3) is 5.23. The first-order valence-corrected chi connectivity index (χ1v) is 5.71. The topological polar surface area (TPSA) is 131 Å². The number of alkyl halides is 3. The maximum atomic E-state index is 10.7. The van der Waals surface area contributed by atoms with Crippen LogP contribution in [-0.2, 0) is 9.53 Å². The molecule has 0 fully saturated rings. The molecule has 0 heterocycles. The van der Waals surface area contributed by atoms with Gasteiger partial charge in [-0.2, -0.15) is 0 Å². The summed E-state index contributed by atoms with van der Waals surface area (Å²) in [5.41, 5.74) is 0. The third-order valence-corrected chi connectivity index (χ3v) is 2.43. The number of aliphatic hydroxyl groups is 4. The summed E-state index contributed by atoms with van der Waals surface area (Å²) < 4.78 is 2.32. The summed E-state index contributed by atoms with van der Waals surface area (Å²) in [6, 6.07) is 0. The molecule has 106 valence electrons. The average Bonchev–Trinajstić information content (AvgIpc) is 2.31. The predicted molar refractivity (Wildman–Crippen MR) is 64.1 cm³/mol. The zero-order valence-corrected chi connectivity index (χ0v) is 11.1. The van der Waals surface area contributed by atoms with Crippen molar-refractivity contribution in [2.45, 2.75) is 28.2 Å². The van der Waals surface area contributed by atoms with Crippen LogP contribution in [0.25, 0.3) is 0 Å². The molecule has 0 aromatic rings. The van der Waals surface area contributed by atoms with Crippen molar-refractivity contribution < 1.29 is 30.0 Å². The van der Waals surface area contributed by atoms with Crippen molar-refractivity contribution >= 4 is 47.0 Å². The Morgan fingerprint density at radius 1 is 1.28 bits per heavy atom. The molecule has 0 amide bonds. The van der Waals surface area contributed by atoms with Gasteiger partial charge in [0.2, 0.25) is 5.90 Å². The number of nitrogens with one attached hydrogen (secondary N) is 1. The summed E-state index contributed by atoms with van der Waals surface area (Å²) in [5, 5.41) is 43.6. The normalized spacial score (nSPS) is 18.6. The van der Waals surface area contributed by atoms with Gasteiger partial charge in [0, 0.05) is 0 Å². The minimum absolute atomic E-state index is 0.0585. The van der Waals surface area contributed by atoms with E-state index in [1.54, 1.807) is 0 Å². The number of carbonyl (C=O) groups is 1. The van der Waals surface area contributed by atoms with Crippen LogP contribution < -0.4 is 0 Å². The van der Waals surface area contributed by atoms with Gasteiger partial charge in [0.15, 0.2) is 12.4 Å². The van der Waals surface area contributed by atoms with Crippen molar-refractivity contribution in [1.29, 1.82) is 5.41 Å². The number of aldehydes is 1. The van der Waals surface area contributed by atoms with Crippen molar-refractivity contribution in [3.63, 3.8) is 0 Å². The SMILES string of the molecule is N=C(O[C@@H](C=O)[C@@H](O)[C@@H](O)[C@H](O)CO)C(Cl)(Cl)Cl. The summed E-state index contributed by atoms with van der Waals surface area (Å²) in [5.74, 6) is -0.936. The molecule has 5 N–H and O–H groups in total. The number of aliphatic hydroxyl groups excluding tert-OH is 4. The second-order valence-electron chi connectivity index (χ2n) is 3.28. The minimum Gasteiger partial charge on any atom is -0.464 e. The van der Waals surface area contributed by atoms with Gasteiger partial charge in [0.1, 0.15) is 18.3 Å². The van der Waals surface area contributed by atoms with E-state index in [1.807, 2.05) is 0 Å². The van der Waals surface area contributed by atoms with Crippen molar-refractivity contribution in [3.8, 4) is 0 Å². The Labute approximate surface area is 117 Å². The molecule has 10 heteroatoms. The molecule has 0 aliphatic rings. The van der Waals surface area contributed by atoms with Gasteiger partial charge in [-0.1, -0.05) is 34.8 Å². The highest BCUT2D eigenvalue weighted by atomic mass is 35.6. The van der Waals surface area contributed by atoms with E-state index in [0.29, 0.717) is 0 Å². The summed E-state index contributed by atoms with van der Waals surface area (Å²) in [6.45, 7) is -0.842. The van der Waals surface area contributed by atoms with Crippen molar-refractivity contribution in [1.82, 2.24) is 0 Å². The second kappa shape index (κ2) is 7.44. The van der Waals surface area contributed by atoms with Crippen LogP contribution in [-0.4, -0.2) is 67.4 Å². The lowest BCUT2D eigenvalue weighted by atomic mass is 10.0. The smallest absolute Gasteiger partial charge is 0.265 e. The maximum absolute atomic E-state index is 10.7. The zero-order valence-electron chi connectivity index (χ0n) is 8.83. The van der Waals surface area contributed by atoms with E-state index in [4.69, 9.17) is 50.4 Å². The van der Waals surface area contributed by atoms with Gasteiger partial charge in [-0.15, -0.1) is 0 Å². The Bertz CT molecular complexity index is 297. The molecule has 0 saturated heterocycles. The fourth-order valence-electron chi connectivity index (χ4n) is 0.911. The molecule has 7 nitrogen and oxygen atoms in total. The fourth-order valence-corrected chi connectivity index (χ4v) is 1.04. The van der Waals surface area contributed by atoms with Gasteiger partial charge in [-0.3, -0.25) is 10.2 Å². The van der Waals surface area contributed by atoms with E-state index >= 15 is 0 Å². The summed E-state index contributed by atoms with van der Waals surface area (Å²) in [7, 11) is 0. The molecule has 0 saturated carbocycles. The Kier molecular flexibility index (Phi) is 7.38. The molecule has 4 atom stereocenters. The maximum Gasteiger partial charge on any atom is 0.265 e. The average molecular weight is 325 g/mol. The van der Waals surface area contributed by atoms with Gasteiger partial charge < -0.3 is 25.2 Å². The Hall–Kier alpha value is -0.150. The van der Waals surface area contributed by atoms with Crippen molar-refractivity contribution in [2.75, 3.05) is 6.61 Å². The second-order valence-corrected chi connectivity index (χ2v) is 5.56. The van der Waals surface area contributed by atoms with Crippen LogP contribution in [0.2, 0.25) is 0 Å². The number of hydrogen-bond acceptors (Lipinski definition) is 7. The number of hydrogen-bond donors (Lipinski definition) is 5. The molecule has 0 radical (unpaired) electrons. The largest absolute Gasteiger partial charge is 0.464 e. The highest BCUT2D eigenvalue weighted by molar-refractivity contribution is 6.76. The number of rotatable bonds is 6. The highest BCUT2D eigenvalue weighted by Gasteiger charge is 2.37. The zero-order chi connectivity index (χ0) is 14.5. The molecule has 0 bridgehead atoms. The molecule has 0 aliphatic heterocycles. The first kappa shape index (κ1) is 17.8. The Balaban J connectivity index is 4.69. The van der Waals surface area contributed by atoms with Crippen LogP contribution in [0.3, 0.4) is 0 Å². The highest BCUT2D eigenvalue weighted by Crippen LogP contribution is 2.28. The molecule has 18 heavy (non-hydrogen) atoms. The summed E-state index contributed by atoms with van der Waals surface area (Å²) in [4.78, 5) is 10.7. The lowest BCUT2D eigenvalue weighted by molar-refractivity contribution is -0.134. The standard InChI is InChI=1S/C8H12Cl3NO6/c9-8(10,11)7(12)18-4(2-14)6(17)5(16)3(15)1-13/h2-6,12-13,15-17H,1H2/t3-,4+,5+,6-/m1/s1. The van der Waals surface area contributed by atoms with E-state index in [9.17, 15) is 15.0 Å². The first-order valence-electron chi connectivity index (χ1n) is 4.57.